The molecule has 19 heavy (non-hydrogen) atoms. The standard InChI is InChI=1S/C12H19N3OS.2ClH/c1-12(2,3)10-9(17-7-15-10)11(16)14-6-8-4-13-5-8;;/h7-8,13H,4-6H2,1-3H3,(H,14,16);2*1H. The summed E-state index contributed by atoms with van der Waals surface area (Å²) in [4.78, 5) is 17.1. The first-order valence-corrected chi connectivity index (χ1v) is 6.79. The molecule has 7 heteroatoms. The summed E-state index contributed by atoms with van der Waals surface area (Å²) in [6.45, 7) is 9.01. The third-order valence-electron chi connectivity index (χ3n) is 2.90. The van der Waals surface area contributed by atoms with E-state index >= 15 is 0 Å². The fourth-order valence-electron chi connectivity index (χ4n) is 1.75. The van der Waals surface area contributed by atoms with Crippen molar-refractivity contribution >= 4 is 42.1 Å². The summed E-state index contributed by atoms with van der Waals surface area (Å²) in [5, 5.41) is 6.19. The normalized spacial score (nSPS) is 14.9. The maximum atomic E-state index is 12.1. The minimum absolute atomic E-state index is 0. The number of halogens is 2. The molecule has 2 heterocycles. The lowest BCUT2D eigenvalue weighted by molar-refractivity contribution is 0.0944. The largest absolute Gasteiger partial charge is 0.351 e. The highest BCUT2D eigenvalue weighted by atomic mass is 35.5. The molecule has 110 valence electrons. The Morgan fingerprint density at radius 1 is 1.47 bits per heavy atom. The molecular weight excluding hydrogens is 305 g/mol. The van der Waals surface area contributed by atoms with Gasteiger partial charge in [0.1, 0.15) is 4.88 Å². The zero-order valence-corrected chi connectivity index (χ0v) is 13.8. The molecule has 1 aromatic heterocycles. The van der Waals surface area contributed by atoms with E-state index in [1.807, 2.05) is 0 Å². The van der Waals surface area contributed by atoms with Crippen LogP contribution in [0.4, 0.5) is 0 Å². The lowest BCUT2D eigenvalue weighted by Gasteiger charge is -2.27. The van der Waals surface area contributed by atoms with E-state index in [0.717, 1.165) is 30.2 Å². The second-order valence-electron chi connectivity index (χ2n) is 5.51. The highest BCUT2D eigenvalue weighted by Gasteiger charge is 2.25. The molecule has 1 aliphatic heterocycles. The molecule has 0 radical (unpaired) electrons. The highest BCUT2D eigenvalue weighted by molar-refractivity contribution is 7.11. The van der Waals surface area contributed by atoms with Crippen molar-refractivity contribution < 1.29 is 4.79 Å². The number of carbonyl (C=O) groups is 1. The molecule has 0 aromatic carbocycles. The van der Waals surface area contributed by atoms with Gasteiger partial charge >= 0.3 is 0 Å². The number of aromatic nitrogens is 1. The Hall–Kier alpha value is -0.360. The van der Waals surface area contributed by atoms with Gasteiger partial charge in [0.05, 0.1) is 11.2 Å². The minimum atomic E-state index is -0.0787. The maximum Gasteiger partial charge on any atom is 0.263 e. The van der Waals surface area contributed by atoms with Crippen LogP contribution in [0.3, 0.4) is 0 Å². The number of nitrogens with zero attached hydrogens (tertiary/aromatic N) is 1. The molecule has 2 N–H and O–H groups in total. The summed E-state index contributed by atoms with van der Waals surface area (Å²) in [7, 11) is 0. The lowest BCUT2D eigenvalue weighted by Crippen LogP contribution is -2.48. The molecule has 0 bridgehead atoms. The van der Waals surface area contributed by atoms with Crippen LogP contribution < -0.4 is 10.6 Å². The van der Waals surface area contributed by atoms with Crippen molar-refractivity contribution in [2.24, 2.45) is 5.92 Å². The lowest BCUT2D eigenvalue weighted by atomic mass is 9.91. The topological polar surface area (TPSA) is 54.0 Å². The van der Waals surface area contributed by atoms with E-state index in [2.05, 4.69) is 36.4 Å². The number of nitrogens with one attached hydrogen (secondary N) is 2. The number of hydrogen-bond acceptors (Lipinski definition) is 4. The van der Waals surface area contributed by atoms with Crippen LogP contribution >= 0.6 is 36.2 Å². The van der Waals surface area contributed by atoms with Crippen molar-refractivity contribution in [1.82, 2.24) is 15.6 Å². The number of carbonyl (C=O) groups excluding carboxylic acids is 1. The second-order valence-corrected chi connectivity index (χ2v) is 6.37. The van der Waals surface area contributed by atoms with Gasteiger partial charge in [-0.1, -0.05) is 20.8 Å². The molecule has 0 saturated carbocycles. The van der Waals surface area contributed by atoms with Crippen LogP contribution in [-0.4, -0.2) is 30.5 Å². The van der Waals surface area contributed by atoms with Gasteiger partial charge in [-0.2, -0.15) is 0 Å². The molecule has 1 fully saturated rings. The van der Waals surface area contributed by atoms with Crippen LogP contribution in [0.25, 0.3) is 0 Å². The van der Waals surface area contributed by atoms with Crippen molar-refractivity contribution in [3.05, 3.63) is 16.1 Å². The summed E-state index contributed by atoms with van der Waals surface area (Å²) >= 11 is 1.42. The predicted octanol–water partition coefficient (Wildman–Crippen LogP) is 2.23. The Labute approximate surface area is 130 Å². The Balaban J connectivity index is 0.00000162. The Bertz CT molecular complexity index is 413. The first-order valence-electron chi connectivity index (χ1n) is 5.91. The summed E-state index contributed by atoms with van der Waals surface area (Å²) < 4.78 is 0. The van der Waals surface area contributed by atoms with Crippen LogP contribution in [-0.2, 0) is 5.41 Å². The van der Waals surface area contributed by atoms with Gasteiger partial charge in [0.15, 0.2) is 0 Å². The van der Waals surface area contributed by atoms with E-state index in [1.54, 1.807) is 5.51 Å². The van der Waals surface area contributed by atoms with E-state index < -0.39 is 0 Å². The van der Waals surface area contributed by atoms with Crippen LogP contribution in [0.5, 0.6) is 0 Å². The molecule has 0 aliphatic carbocycles. The fraction of sp³-hybridized carbons (Fsp3) is 0.667. The molecule has 0 unspecified atom stereocenters. The molecule has 0 spiro atoms. The summed E-state index contributed by atoms with van der Waals surface area (Å²) in [6, 6.07) is 0. The van der Waals surface area contributed by atoms with E-state index in [1.165, 1.54) is 11.3 Å². The molecule has 0 atom stereocenters. The first kappa shape index (κ1) is 18.6. The summed E-state index contributed by atoms with van der Waals surface area (Å²) in [5.41, 5.74) is 2.57. The quantitative estimate of drug-likeness (QED) is 0.896. The Kier molecular flexibility index (Phi) is 7.29. The third kappa shape index (κ3) is 4.60. The van der Waals surface area contributed by atoms with E-state index in [4.69, 9.17) is 0 Å². The predicted molar refractivity (Wildman–Crippen MR) is 84.0 cm³/mol. The van der Waals surface area contributed by atoms with Crippen molar-refractivity contribution in [2.45, 2.75) is 26.2 Å². The van der Waals surface area contributed by atoms with Gasteiger partial charge in [0.2, 0.25) is 0 Å². The minimum Gasteiger partial charge on any atom is -0.351 e. The van der Waals surface area contributed by atoms with Crippen LogP contribution in [0.2, 0.25) is 0 Å². The molecule has 2 rings (SSSR count). The van der Waals surface area contributed by atoms with E-state index in [0.29, 0.717) is 5.92 Å². The number of rotatable bonds is 3. The molecule has 1 aliphatic rings. The molecular formula is C12H21Cl2N3OS. The zero-order valence-electron chi connectivity index (χ0n) is 11.4. The van der Waals surface area contributed by atoms with Crippen molar-refractivity contribution in [3.8, 4) is 0 Å². The summed E-state index contributed by atoms with van der Waals surface area (Å²) in [5.74, 6) is 0.606. The third-order valence-corrected chi connectivity index (χ3v) is 3.73. The number of hydrogen-bond donors (Lipinski definition) is 2. The van der Waals surface area contributed by atoms with Gasteiger partial charge in [0.25, 0.3) is 5.91 Å². The SMILES string of the molecule is CC(C)(C)c1ncsc1C(=O)NCC1CNC1.Cl.Cl. The van der Waals surface area contributed by atoms with E-state index in [-0.39, 0.29) is 36.1 Å². The average Bonchev–Trinajstić information content (AvgIpc) is 2.62. The van der Waals surface area contributed by atoms with Gasteiger partial charge in [-0.15, -0.1) is 36.2 Å². The second kappa shape index (κ2) is 7.43. The first-order chi connectivity index (χ1) is 7.98. The highest BCUT2D eigenvalue weighted by Crippen LogP contribution is 2.26. The van der Waals surface area contributed by atoms with Crippen molar-refractivity contribution in [2.75, 3.05) is 19.6 Å². The molecule has 1 saturated heterocycles. The van der Waals surface area contributed by atoms with Crippen LogP contribution in [0.15, 0.2) is 5.51 Å². The monoisotopic (exact) mass is 325 g/mol. The zero-order chi connectivity index (χ0) is 12.5. The van der Waals surface area contributed by atoms with Gasteiger partial charge < -0.3 is 10.6 Å². The molecule has 1 aromatic rings. The average molecular weight is 326 g/mol. The van der Waals surface area contributed by atoms with Crippen molar-refractivity contribution in [1.29, 1.82) is 0 Å². The van der Waals surface area contributed by atoms with Gasteiger partial charge in [-0.25, -0.2) is 4.98 Å². The Morgan fingerprint density at radius 3 is 2.58 bits per heavy atom. The van der Waals surface area contributed by atoms with Crippen LogP contribution in [0, 0.1) is 5.92 Å². The van der Waals surface area contributed by atoms with Gasteiger partial charge in [0, 0.05) is 31.0 Å². The number of amides is 1. The maximum absolute atomic E-state index is 12.1. The van der Waals surface area contributed by atoms with Gasteiger partial charge in [-0.3, -0.25) is 4.79 Å². The fourth-order valence-corrected chi connectivity index (χ4v) is 2.66. The van der Waals surface area contributed by atoms with E-state index in [9.17, 15) is 4.79 Å². The smallest absolute Gasteiger partial charge is 0.263 e. The number of thiazole rings is 1. The Morgan fingerprint density at radius 2 is 2.11 bits per heavy atom. The molecule has 4 nitrogen and oxygen atoms in total. The van der Waals surface area contributed by atoms with Crippen molar-refractivity contribution in [3.63, 3.8) is 0 Å². The van der Waals surface area contributed by atoms with Crippen LogP contribution in [0.1, 0.15) is 36.1 Å². The summed E-state index contributed by atoms with van der Waals surface area (Å²) in [6.07, 6.45) is 0. The molecule has 1 amide bonds. The van der Waals surface area contributed by atoms with Gasteiger partial charge in [-0.05, 0) is 0 Å².